The van der Waals surface area contributed by atoms with Gasteiger partial charge in [0.15, 0.2) is 0 Å². The van der Waals surface area contributed by atoms with E-state index in [2.05, 4.69) is 44.8 Å². The number of piperazine rings is 1. The fourth-order valence-corrected chi connectivity index (χ4v) is 3.33. The topological polar surface area (TPSA) is 15.3 Å². The summed E-state index contributed by atoms with van der Waals surface area (Å²) in [5.41, 5.74) is -4.00. The van der Waals surface area contributed by atoms with Crippen LogP contribution in [0.5, 0.6) is 0 Å². The Morgan fingerprint density at radius 3 is 2.38 bits per heavy atom. The predicted octanol–water partition coefficient (Wildman–Crippen LogP) is 3.97. The maximum absolute atomic E-state index is 12.3. The van der Waals surface area contributed by atoms with E-state index in [-0.39, 0.29) is 22.9 Å². The van der Waals surface area contributed by atoms with E-state index in [9.17, 15) is 13.2 Å². The summed E-state index contributed by atoms with van der Waals surface area (Å²) in [6, 6.07) is 0.663. The molecular formula is C15H29F3N2S. The second-order valence-corrected chi connectivity index (χ2v) is 8.23. The second kappa shape index (κ2) is 7.55. The summed E-state index contributed by atoms with van der Waals surface area (Å²) in [4.78, 5) is 2.26. The number of rotatable bonds is 5. The largest absolute Gasteiger partial charge is 0.441 e. The monoisotopic (exact) mass is 326 g/mol. The van der Waals surface area contributed by atoms with Gasteiger partial charge in [-0.05, 0) is 23.1 Å². The normalized spacial score (nSPS) is 26.9. The molecule has 3 atom stereocenters. The molecule has 21 heavy (non-hydrogen) atoms. The van der Waals surface area contributed by atoms with E-state index in [1.165, 1.54) is 0 Å². The molecule has 1 N–H and O–H groups in total. The summed E-state index contributed by atoms with van der Waals surface area (Å²) in [6.07, 6.45) is 1.05. The molecule has 1 saturated heterocycles. The fraction of sp³-hybridized carbons (Fsp3) is 1.00. The predicted molar refractivity (Wildman–Crippen MR) is 84.6 cm³/mol. The van der Waals surface area contributed by atoms with E-state index in [4.69, 9.17) is 0 Å². The molecule has 1 aliphatic heterocycles. The lowest BCUT2D eigenvalue weighted by atomic mass is 9.83. The first-order chi connectivity index (χ1) is 9.54. The van der Waals surface area contributed by atoms with Crippen LogP contribution in [0, 0.1) is 11.3 Å². The van der Waals surface area contributed by atoms with Crippen molar-refractivity contribution in [3.63, 3.8) is 0 Å². The third-order valence-corrected chi connectivity index (χ3v) is 5.16. The van der Waals surface area contributed by atoms with Crippen LogP contribution < -0.4 is 5.32 Å². The maximum atomic E-state index is 12.3. The van der Waals surface area contributed by atoms with Crippen molar-refractivity contribution in [2.45, 2.75) is 58.6 Å². The van der Waals surface area contributed by atoms with Crippen molar-refractivity contribution in [2.75, 3.05) is 25.4 Å². The van der Waals surface area contributed by atoms with Crippen LogP contribution in [0.25, 0.3) is 0 Å². The molecule has 0 aromatic rings. The van der Waals surface area contributed by atoms with Gasteiger partial charge < -0.3 is 5.32 Å². The molecule has 0 amide bonds. The van der Waals surface area contributed by atoms with Crippen LogP contribution in [-0.4, -0.2) is 47.9 Å². The van der Waals surface area contributed by atoms with E-state index in [1.54, 1.807) is 0 Å². The molecule has 1 aliphatic rings. The second-order valence-electron chi connectivity index (χ2n) is 7.07. The molecule has 126 valence electrons. The molecule has 1 fully saturated rings. The molecule has 0 aromatic heterocycles. The summed E-state index contributed by atoms with van der Waals surface area (Å²) in [5, 5.41) is 3.59. The average Bonchev–Trinajstić information content (AvgIpc) is 2.35. The Morgan fingerprint density at radius 2 is 1.90 bits per heavy atom. The van der Waals surface area contributed by atoms with Crippen molar-refractivity contribution in [1.82, 2.24) is 10.2 Å². The van der Waals surface area contributed by atoms with E-state index in [1.807, 2.05) is 0 Å². The molecule has 2 nitrogen and oxygen atoms in total. The van der Waals surface area contributed by atoms with Gasteiger partial charge in [0.1, 0.15) is 0 Å². The zero-order chi connectivity index (χ0) is 16.3. The van der Waals surface area contributed by atoms with Crippen LogP contribution >= 0.6 is 11.8 Å². The van der Waals surface area contributed by atoms with Crippen LogP contribution in [0.2, 0.25) is 0 Å². The van der Waals surface area contributed by atoms with Gasteiger partial charge in [-0.25, -0.2) is 0 Å². The van der Waals surface area contributed by atoms with Crippen LogP contribution in [0.4, 0.5) is 13.2 Å². The number of nitrogens with one attached hydrogen (secondary N) is 1. The summed E-state index contributed by atoms with van der Waals surface area (Å²) < 4.78 is 37.0. The number of alkyl halides is 3. The molecule has 1 rings (SSSR count). The molecule has 0 saturated carbocycles. The van der Waals surface area contributed by atoms with Gasteiger partial charge in [-0.15, -0.1) is 0 Å². The SMILES string of the molecule is CCC(C)C1CNC(C(C)(C)C)CN1CCSC(F)(F)F. The van der Waals surface area contributed by atoms with Gasteiger partial charge in [0.2, 0.25) is 0 Å². The maximum Gasteiger partial charge on any atom is 0.441 e. The van der Waals surface area contributed by atoms with Gasteiger partial charge in [-0.1, -0.05) is 41.0 Å². The van der Waals surface area contributed by atoms with Crippen molar-refractivity contribution in [3.8, 4) is 0 Å². The van der Waals surface area contributed by atoms with Crippen molar-refractivity contribution in [3.05, 3.63) is 0 Å². The molecule has 6 heteroatoms. The smallest absolute Gasteiger partial charge is 0.311 e. The minimum absolute atomic E-state index is 0.0952. The molecular weight excluding hydrogens is 297 g/mol. The highest BCUT2D eigenvalue weighted by Gasteiger charge is 2.36. The average molecular weight is 326 g/mol. The first kappa shape index (κ1) is 19.1. The first-order valence-corrected chi connectivity index (χ1v) is 8.71. The number of halogens is 3. The molecule has 0 radical (unpaired) electrons. The Bertz CT molecular complexity index is 315. The number of thioether (sulfide) groups is 1. The van der Waals surface area contributed by atoms with Gasteiger partial charge in [0.05, 0.1) is 0 Å². The highest BCUT2D eigenvalue weighted by atomic mass is 32.2. The molecule has 3 unspecified atom stereocenters. The summed E-state index contributed by atoms with van der Waals surface area (Å²) >= 11 is 0.0952. The molecule has 0 bridgehead atoms. The minimum Gasteiger partial charge on any atom is -0.311 e. The third kappa shape index (κ3) is 6.37. The van der Waals surface area contributed by atoms with Crippen molar-refractivity contribution >= 4 is 11.8 Å². The van der Waals surface area contributed by atoms with E-state index in [0.717, 1.165) is 19.5 Å². The fourth-order valence-electron chi connectivity index (χ4n) is 2.78. The Labute approximate surface area is 131 Å². The number of hydrogen-bond acceptors (Lipinski definition) is 3. The lowest BCUT2D eigenvalue weighted by Gasteiger charge is -2.47. The minimum atomic E-state index is -4.12. The summed E-state index contributed by atoms with van der Waals surface area (Å²) in [7, 11) is 0. The Hall–Kier alpha value is 0.0600. The van der Waals surface area contributed by atoms with Crippen molar-refractivity contribution in [2.24, 2.45) is 11.3 Å². The lowest BCUT2D eigenvalue weighted by Crippen LogP contribution is -2.62. The lowest BCUT2D eigenvalue weighted by molar-refractivity contribution is -0.0330. The molecule has 1 heterocycles. The van der Waals surface area contributed by atoms with Crippen LogP contribution in [-0.2, 0) is 0 Å². The Morgan fingerprint density at radius 1 is 1.29 bits per heavy atom. The van der Waals surface area contributed by atoms with E-state index in [0.29, 0.717) is 24.5 Å². The van der Waals surface area contributed by atoms with Gasteiger partial charge in [-0.2, -0.15) is 13.2 Å². The Balaban J connectivity index is 2.65. The molecule has 0 aromatic carbocycles. The Kier molecular flexibility index (Phi) is 6.87. The van der Waals surface area contributed by atoms with Crippen LogP contribution in [0.3, 0.4) is 0 Å². The van der Waals surface area contributed by atoms with Crippen molar-refractivity contribution in [1.29, 1.82) is 0 Å². The standard InChI is InChI=1S/C15H29F3N2S/c1-6-11(2)12-9-19-13(14(3,4)5)10-20(12)7-8-21-15(16,17)18/h11-13,19H,6-10H2,1-5H3. The van der Waals surface area contributed by atoms with Crippen LogP contribution in [0.15, 0.2) is 0 Å². The highest BCUT2D eigenvalue weighted by Crippen LogP contribution is 2.31. The molecule has 0 aliphatic carbocycles. The van der Waals surface area contributed by atoms with E-state index < -0.39 is 5.51 Å². The van der Waals surface area contributed by atoms with Gasteiger partial charge >= 0.3 is 5.51 Å². The van der Waals surface area contributed by atoms with E-state index >= 15 is 0 Å². The zero-order valence-corrected chi connectivity index (χ0v) is 14.6. The quantitative estimate of drug-likeness (QED) is 0.823. The van der Waals surface area contributed by atoms with Gasteiger partial charge in [-0.3, -0.25) is 4.90 Å². The van der Waals surface area contributed by atoms with Gasteiger partial charge in [0.25, 0.3) is 0 Å². The third-order valence-electron chi connectivity index (χ3n) is 4.45. The highest BCUT2D eigenvalue weighted by molar-refractivity contribution is 8.00. The van der Waals surface area contributed by atoms with Gasteiger partial charge in [0, 0.05) is 37.5 Å². The summed E-state index contributed by atoms with van der Waals surface area (Å²) in [5.74, 6) is 0.613. The first-order valence-electron chi connectivity index (χ1n) is 7.72. The molecule has 0 spiro atoms. The van der Waals surface area contributed by atoms with Crippen LogP contribution in [0.1, 0.15) is 41.0 Å². The summed E-state index contributed by atoms with van der Waals surface area (Å²) in [6.45, 7) is 13.1. The number of nitrogens with zero attached hydrogens (tertiary/aromatic N) is 1. The number of hydrogen-bond donors (Lipinski definition) is 1. The van der Waals surface area contributed by atoms with Crippen molar-refractivity contribution < 1.29 is 13.2 Å². The zero-order valence-electron chi connectivity index (χ0n) is 13.8.